The molecule has 0 saturated carbocycles. The maximum absolute atomic E-state index is 5.69. The first-order valence-corrected chi connectivity index (χ1v) is 5.65. The Hall–Kier alpha value is -0.0800. The van der Waals surface area contributed by atoms with Crippen LogP contribution in [0.3, 0.4) is 0 Å². The molecule has 0 spiro atoms. The van der Waals surface area contributed by atoms with E-state index in [1.54, 1.807) is 0 Å². The summed E-state index contributed by atoms with van der Waals surface area (Å²) in [5, 5.41) is 3.63. The summed E-state index contributed by atoms with van der Waals surface area (Å²) in [5.74, 6) is 0. The third kappa shape index (κ3) is 3.28. The van der Waals surface area contributed by atoms with Crippen LogP contribution in [0, 0.1) is 0 Å². The molecule has 3 unspecified atom stereocenters. The fraction of sp³-hybridized carbons (Fsp3) is 1.00. The quantitative estimate of drug-likeness (QED) is 0.710. The monoisotopic (exact) mass is 185 g/mol. The van der Waals surface area contributed by atoms with E-state index < -0.39 is 0 Å². The zero-order chi connectivity index (χ0) is 9.68. The van der Waals surface area contributed by atoms with Gasteiger partial charge in [0.05, 0.1) is 6.10 Å². The van der Waals surface area contributed by atoms with Crippen LogP contribution in [0.25, 0.3) is 0 Å². The molecule has 1 rings (SSSR count). The van der Waals surface area contributed by atoms with Crippen LogP contribution in [-0.4, -0.2) is 24.8 Å². The lowest BCUT2D eigenvalue weighted by molar-refractivity contribution is 0.0733. The zero-order valence-corrected chi connectivity index (χ0v) is 9.18. The molecule has 1 aliphatic heterocycles. The van der Waals surface area contributed by atoms with Crippen molar-refractivity contribution in [3.63, 3.8) is 0 Å². The van der Waals surface area contributed by atoms with E-state index in [4.69, 9.17) is 4.74 Å². The third-order valence-electron chi connectivity index (χ3n) is 2.96. The van der Waals surface area contributed by atoms with Crippen LogP contribution in [0.15, 0.2) is 0 Å². The predicted molar refractivity (Wildman–Crippen MR) is 55.9 cm³/mol. The van der Waals surface area contributed by atoms with Gasteiger partial charge in [0.25, 0.3) is 0 Å². The number of nitrogens with one attached hydrogen (secondary N) is 1. The highest BCUT2D eigenvalue weighted by Gasteiger charge is 2.24. The third-order valence-corrected chi connectivity index (χ3v) is 2.96. The maximum Gasteiger partial charge on any atom is 0.0728 e. The zero-order valence-electron chi connectivity index (χ0n) is 9.18. The molecule has 0 aliphatic carbocycles. The van der Waals surface area contributed by atoms with E-state index in [1.165, 1.54) is 25.7 Å². The fourth-order valence-corrected chi connectivity index (χ4v) is 1.89. The van der Waals surface area contributed by atoms with Crippen LogP contribution in [0.4, 0.5) is 0 Å². The van der Waals surface area contributed by atoms with Gasteiger partial charge in [-0.2, -0.15) is 0 Å². The molecule has 2 nitrogen and oxygen atoms in total. The normalized spacial score (nSPS) is 27.5. The van der Waals surface area contributed by atoms with Gasteiger partial charge in [0.15, 0.2) is 0 Å². The molecule has 3 atom stereocenters. The molecule has 2 heteroatoms. The van der Waals surface area contributed by atoms with Crippen LogP contribution in [0.1, 0.15) is 46.5 Å². The Bertz CT molecular complexity index is 132. The van der Waals surface area contributed by atoms with Crippen molar-refractivity contribution in [3.8, 4) is 0 Å². The molecule has 1 fully saturated rings. The lowest BCUT2D eigenvalue weighted by Crippen LogP contribution is -2.43. The molecule has 0 aromatic carbocycles. The lowest BCUT2D eigenvalue weighted by atomic mass is 10.0. The molecule has 0 bridgehead atoms. The van der Waals surface area contributed by atoms with Crippen molar-refractivity contribution < 1.29 is 4.74 Å². The van der Waals surface area contributed by atoms with E-state index in [9.17, 15) is 0 Å². The molecule has 0 aromatic heterocycles. The topological polar surface area (TPSA) is 21.3 Å². The van der Waals surface area contributed by atoms with E-state index in [0.717, 1.165) is 6.61 Å². The minimum atomic E-state index is 0.471. The van der Waals surface area contributed by atoms with Gasteiger partial charge < -0.3 is 10.1 Å². The smallest absolute Gasteiger partial charge is 0.0728 e. The molecular weight excluding hydrogens is 162 g/mol. The number of hydrogen-bond donors (Lipinski definition) is 1. The predicted octanol–water partition coefficient (Wildman–Crippen LogP) is 2.33. The minimum absolute atomic E-state index is 0.471. The second-order valence-corrected chi connectivity index (χ2v) is 4.04. The maximum atomic E-state index is 5.69. The standard InChI is InChI=1S/C11H23NO/c1-4-9(3)12-10(5-2)11-7-6-8-13-11/h9-12H,4-8H2,1-3H3. The average Bonchev–Trinajstić information content (AvgIpc) is 2.66. The molecule has 0 aromatic rings. The first-order chi connectivity index (χ1) is 6.27. The first-order valence-electron chi connectivity index (χ1n) is 5.65. The van der Waals surface area contributed by atoms with E-state index in [2.05, 4.69) is 26.1 Å². The van der Waals surface area contributed by atoms with E-state index in [1.807, 2.05) is 0 Å². The Balaban J connectivity index is 2.32. The Morgan fingerprint density at radius 3 is 2.62 bits per heavy atom. The molecule has 1 aliphatic rings. The van der Waals surface area contributed by atoms with Gasteiger partial charge in [-0.15, -0.1) is 0 Å². The fourth-order valence-electron chi connectivity index (χ4n) is 1.89. The van der Waals surface area contributed by atoms with Crippen molar-refractivity contribution in [2.24, 2.45) is 0 Å². The molecule has 13 heavy (non-hydrogen) atoms. The van der Waals surface area contributed by atoms with Gasteiger partial charge in [0, 0.05) is 18.7 Å². The van der Waals surface area contributed by atoms with Gasteiger partial charge in [-0.25, -0.2) is 0 Å². The minimum Gasteiger partial charge on any atom is -0.377 e. The van der Waals surface area contributed by atoms with Gasteiger partial charge in [-0.05, 0) is 32.6 Å². The molecular formula is C11H23NO. The number of ether oxygens (including phenoxy) is 1. The Morgan fingerprint density at radius 1 is 1.38 bits per heavy atom. The lowest BCUT2D eigenvalue weighted by Gasteiger charge is -2.26. The second kappa shape index (κ2) is 5.61. The van der Waals surface area contributed by atoms with Crippen molar-refractivity contribution in [3.05, 3.63) is 0 Å². The molecule has 0 radical (unpaired) electrons. The Labute approximate surface area is 82.0 Å². The SMILES string of the molecule is CCC(C)NC(CC)C1CCCO1. The largest absolute Gasteiger partial charge is 0.377 e. The highest BCUT2D eigenvalue weighted by molar-refractivity contribution is 4.81. The van der Waals surface area contributed by atoms with Crippen molar-refractivity contribution >= 4 is 0 Å². The highest BCUT2D eigenvalue weighted by atomic mass is 16.5. The molecule has 1 N–H and O–H groups in total. The summed E-state index contributed by atoms with van der Waals surface area (Å²) < 4.78 is 5.69. The molecule has 1 saturated heterocycles. The van der Waals surface area contributed by atoms with Crippen molar-refractivity contribution in [2.45, 2.75) is 64.6 Å². The van der Waals surface area contributed by atoms with Gasteiger partial charge in [-0.1, -0.05) is 13.8 Å². The summed E-state index contributed by atoms with van der Waals surface area (Å²) in [6.45, 7) is 7.67. The summed E-state index contributed by atoms with van der Waals surface area (Å²) >= 11 is 0. The Kier molecular flexibility index (Phi) is 4.74. The van der Waals surface area contributed by atoms with E-state index in [-0.39, 0.29) is 0 Å². The molecule has 0 amide bonds. The summed E-state index contributed by atoms with van der Waals surface area (Å²) in [6.07, 6.45) is 5.32. The second-order valence-electron chi connectivity index (χ2n) is 4.04. The van der Waals surface area contributed by atoms with Crippen LogP contribution < -0.4 is 5.32 Å². The summed E-state index contributed by atoms with van der Waals surface area (Å²) in [6, 6.07) is 1.19. The van der Waals surface area contributed by atoms with Gasteiger partial charge in [0.1, 0.15) is 0 Å². The van der Waals surface area contributed by atoms with Crippen molar-refractivity contribution in [1.29, 1.82) is 0 Å². The van der Waals surface area contributed by atoms with Crippen molar-refractivity contribution in [1.82, 2.24) is 5.32 Å². The highest BCUT2D eigenvalue weighted by Crippen LogP contribution is 2.18. The van der Waals surface area contributed by atoms with Gasteiger partial charge in [-0.3, -0.25) is 0 Å². The molecule has 1 heterocycles. The average molecular weight is 185 g/mol. The summed E-state index contributed by atoms with van der Waals surface area (Å²) in [5.41, 5.74) is 0. The first kappa shape index (κ1) is 11.0. The summed E-state index contributed by atoms with van der Waals surface area (Å²) in [7, 11) is 0. The number of hydrogen-bond acceptors (Lipinski definition) is 2. The van der Waals surface area contributed by atoms with Gasteiger partial charge >= 0.3 is 0 Å². The molecule has 78 valence electrons. The Morgan fingerprint density at radius 2 is 2.15 bits per heavy atom. The van der Waals surface area contributed by atoms with Crippen LogP contribution in [0.2, 0.25) is 0 Å². The van der Waals surface area contributed by atoms with Crippen LogP contribution in [-0.2, 0) is 4.74 Å². The van der Waals surface area contributed by atoms with Crippen molar-refractivity contribution in [2.75, 3.05) is 6.61 Å². The van der Waals surface area contributed by atoms with E-state index >= 15 is 0 Å². The van der Waals surface area contributed by atoms with E-state index in [0.29, 0.717) is 18.2 Å². The van der Waals surface area contributed by atoms with Crippen LogP contribution >= 0.6 is 0 Å². The summed E-state index contributed by atoms with van der Waals surface area (Å²) in [4.78, 5) is 0. The number of rotatable bonds is 5. The van der Waals surface area contributed by atoms with Gasteiger partial charge in [0.2, 0.25) is 0 Å². The van der Waals surface area contributed by atoms with Crippen LogP contribution in [0.5, 0.6) is 0 Å².